The topological polar surface area (TPSA) is 94.9 Å². The Morgan fingerprint density at radius 1 is 1.29 bits per heavy atom. The van der Waals surface area contributed by atoms with Gasteiger partial charge in [-0.15, -0.1) is 0 Å². The first-order valence-corrected chi connectivity index (χ1v) is 10.4. The molecule has 0 aliphatic carbocycles. The van der Waals surface area contributed by atoms with Crippen LogP contribution >= 0.6 is 0 Å². The van der Waals surface area contributed by atoms with Crippen LogP contribution in [0.2, 0.25) is 0 Å². The standard InChI is InChI=1S/C22H28N4O5/c1-29-15-19(27)25-9-6-22(7-10-25)21-23-8-11-26(21)14-18(31-22)20(28)24-13-16-4-3-5-17(12-16)30-2/h3-5,8,11-12,18H,6-7,9-10,13-15H2,1-2H3,(H,24,28)/t18-/m0/s1. The van der Waals surface area contributed by atoms with Gasteiger partial charge in [0.15, 0.2) is 6.10 Å². The third kappa shape index (κ3) is 4.42. The smallest absolute Gasteiger partial charge is 0.251 e. The molecule has 2 amide bonds. The number of nitrogens with one attached hydrogen (secondary N) is 1. The van der Waals surface area contributed by atoms with E-state index in [4.69, 9.17) is 14.2 Å². The van der Waals surface area contributed by atoms with Gasteiger partial charge in [-0.05, 0) is 17.7 Å². The maximum absolute atomic E-state index is 13.0. The summed E-state index contributed by atoms with van der Waals surface area (Å²) in [5.41, 5.74) is 0.273. The minimum absolute atomic E-state index is 0.0379. The number of rotatable bonds is 6. The molecule has 31 heavy (non-hydrogen) atoms. The molecule has 9 heteroatoms. The number of hydrogen-bond donors (Lipinski definition) is 1. The van der Waals surface area contributed by atoms with Crippen molar-refractivity contribution in [3.05, 3.63) is 48.0 Å². The van der Waals surface area contributed by atoms with Crippen LogP contribution in [0.25, 0.3) is 0 Å². The third-order valence-electron chi connectivity index (χ3n) is 5.94. The number of carbonyl (C=O) groups is 2. The van der Waals surface area contributed by atoms with Crippen LogP contribution < -0.4 is 10.1 Å². The van der Waals surface area contributed by atoms with Gasteiger partial charge in [0.05, 0.1) is 13.7 Å². The van der Waals surface area contributed by atoms with Gasteiger partial charge in [0.2, 0.25) is 5.91 Å². The number of fused-ring (bicyclic) bond motifs is 2. The number of amides is 2. The number of aromatic nitrogens is 2. The summed E-state index contributed by atoms with van der Waals surface area (Å²) in [4.78, 5) is 31.4. The van der Waals surface area contributed by atoms with Crippen LogP contribution in [0.15, 0.2) is 36.7 Å². The zero-order chi connectivity index (χ0) is 21.8. The second-order valence-electron chi connectivity index (χ2n) is 7.89. The predicted molar refractivity (Wildman–Crippen MR) is 111 cm³/mol. The van der Waals surface area contributed by atoms with Crippen LogP contribution in [0, 0.1) is 0 Å². The highest BCUT2D eigenvalue weighted by Crippen LogP contribution is 2.40. The minimum Gasteiger partial charge on any atom is -0.497 e. The fourth-order valence-corrected chi connectivity index (χ4v) is 4.29. The molecule has 1 atom stereocenters. The lowest BCUT2D eigenvalue weighted by molar-refractivity contribution is -0.176. The molecule has 1 spiro atoms. The van der Waals surface area contributed by atoms with Crippen LogP contribution in [-0.2, 0) is 37.8 Å². The molecule has 1 N–H and O–H groups in total. The van der Waals surface area contributed by atoms with E-state index in [1.807, 2.05) is 35.0 Å². The molecular formula is C22H28N4O5. The number of imidazole rings is 1. The van der Waals surface area contributed by atoms with Crippen molar-refractivity contribution in [3.63, 3.8) is 0 Å². The summed E-state index contributed by atoms with van der Waals surface area (Å²) in [6, 6.07) is 7.59. The second kappa shape index (κ2) is 9.07. The highest BCUT2D eigenvalue weighted by atomic mass is 16.5. The van der Waals surface area contributed by atoms with Crippen molar-refractivity contribution in [3.8, 4) is 5.75 Å². The van der Waals surface area contributed by atoms with E-state index in [1.165, 1.54) is 7.11 Å². The first-order valence-electron chi connectivity index (χ1n) is 10.4. The SMILES string of the molecule is COCC(=O)N1CCC2(CC1)O[C@H](C(=O)NCc1cccc(OC)c1)Cn1ccnc12. The van der Waals surface area contributed by atoms with Crippen molar-refractivity contribution in [1.82, 2.24) is 19.8 Å². The summed E-state index contributed by atoms with van der Waals surface area (Å²) in [7, 11) is 3.13. The summed E-state index contributed by atoms with van der Waals surface area (Å²) >= 11 is 0. The van der Waals surface area contributed by atoms with Crippen molar-refractivity contribution < 1.29 is 23.8 Å². The average Bonchev–Trinajstić information content (AvgIpc) is 3.28. The zero-order valence-corrected chi connectivity index (χ0v) is 17.9. The van der Waals surface area contributed by atoms with Gasteiger partial charge in [0.1, 0.15) is 23.8 Å². The van der Waals surface area contributed by atoms with Crippen molar-refractivity contribution in [2.24, 2.45) is 0 Å². The average molecular weight is 428 g/mol. The number of methoxy groups -OCH3 is 2. The molecule has 0 saturated carbocycles. The molecule has 1 saturated heterocycles. The Kier molecular flexibility index (Phi) is 6.24. The molecule has 2 aliphatic heterocycles. The summed E-state index contributed by atoms with van der Waals surface area (Å²) in [5, 5.41) is 2.97. The van der Waals surface area contributed by atoms with E-state index in [0.29, 0.717) is 39.0 Å². The Bertz CT molecular complexity index is 935. The Hall–Kier alpha value is -2.91. The second-order valence-corrected chi connectivity index (χ2v) is 7.89. The summed E-state index contributed by atoms with van der Waals surface area (Å²) in [5.74, 6) is 1.36. The number of ether oxygens (including phenoxy) is 3. The molecular weight excluding hydrogens is 400 g/mol. The maximum Gasteiger partial charge on any atom is 0.251 e. The molecule has 2 aromatic rings. The highest BCUT2D eigenvalue weighted by Gasteiger charge is 2.47. The monoisotopic (exact) mass is 428 g/mol. The first-order chi connectivity index (χ1) is 15.0. The number of benzene rings is 1. The largest absolute Gasteiger partial charge is 0.497 e. The summed E-state index contributed by atoms with van der Waals surface area (Å²) in [6.45, 7) is 1.94. The van der Waals surface area contributed by atoms with Crippen molar-refractivity contribution in [1.29, 1.82) is 0 Å². The lowest BCUT2D eigenvalue weighted by atomic mass is 9.88. The summed E-state index contributed by atoms with van der Waals surface area (Å²) in [6.07, 6.45) is 4.15. The highest BCUT2D eigenvalue weighted by molar-refractivity contribution is 5.81. The van der Waals surface area contributed by atoms with E-state index in [0.717, 1.165) is 17.1 Å². The molecule has 1 fully saturated rings. The van der Waals surface area contributed by atoms with Crippen molar-refractivity contribution in [2.75, 3.05) is 33.9 Å². The fraction of sp³-hybridized carbons (Fsp3) is 0.500. The van der Waals surface area contributed by atoms with Gasteiger partial charge in [0, 0.05) is 52.0 Å². The first kappa shape index (κ1) is 21.3. The van der Waals surface area contributed by atoms with Crippen LogP contribution in [0.1, 0.15) is 24.2 Å². The Labute approximate surface area is 181 Å². The molecule has 0 unspecified atom stereocenters. The lowest BCUT2D eigenvalue weighted by Gasteiger charge is -2.45. The summed E-state index contributed by atoms with van der Waals surface area (Å²) < 4.78 is 18.6. The molecule has 1 aromatic carbocycles. The molecule has 1 aromatic heterocycles. The van der Waals surface area contributed by atoms with Crippen LogP contribution in [-0.4, -0.2) is 66.3 Å². The molecule has 9 nitrogen and oxygen atoms in total. The van der Waals surface area contributed by atoms with Crippen molar-refractivity contribution in [2.45, 2.75) is 37.6 Å². The van der Waals surface area contributed by atoms with Gasteiger partial charge in [-0.3, -0.25) is 9.59 Å². The molecule has 0 radical (unpaired) electrons. The molecule has 3 heterocycles. The van der Waals surface area contributed by atoms with E-state index < -0.39 is 11.7 Å². The molecule has 166 valence electrons. The molecule has 4 rings (SSSR count). The van der Waals surface area contributed by atoms with Crippen molar-refractivity contribution >= 4 is 11.8 Å². The van der Waals surface area contributed by atoms with Gasteiger partial charge in [-0.1, -0.05) is 12.1 Å². The Morgan fingerprint density at radius 2 is 2.10 bits per heavy atom. The Morgan fingerprint density at radius 3 is 2.84 bits per heavy atom. The predicted octanol–water partition coefficient (Wildman–Crippen LogP) is 1.07. The minimum atomic E-state index is -0.677. The van der Waals surface area contributed by atoms with Crippen LogP contribution in [0.4, 0.5) is 0 Å². The van der Waals surface area contributed by atoms with Crippen LogP contribution in [0.5, 0.6) is 5.75 Å². The maximum atomic E-state index is 13.0. The van der Waals surface area contributed by atoms with Gasteiger partial charge >= 0.3 is 0 Å². The van der Waals surface area contributed by atoms with E-state index in [-0.39, 0.29) is 18.4 Å². The van der Waals surface area contributed by atoms with Gasteiger partial charge in [0.25, 0.3) is 5.91 Å². The Balaban J connectivity index is 1.44. The zero-order valence-electron chi connectivity index (χ0n) is 17.9. The normalized spacial score (nSPS) is 19.7. The molecule has 0 bridgehead atoms. The van der Waals surface area contributed by atoms with E-state index in [1.54, 1.807) is 18.2 Å². The van der Waals surface area contributed by atoms with Gasteiger partial charge in [-0.2, -0.15) is 0 Å². The van der Waals surface area contributed by atoms with Gasteiger partial charge < -0.3 is 29.0 Å². The number of piperidine rings is 1. The molecule has 2 aliphatic rings. The lowest BCUT2D eigenvalue weighted by Crippen LogP contribution is -2.55. The third-order valence-corrected chi connectivity index (χ3v) is 5.94. The number of carbonyl (C=O) groups excluding carboxylic acids is 2. The van der Waals surface area contributed by atoms with Crippen LogP contribution in [0.3, 0.4) is 0 Å². The number of nitrogens with zero attached hydrogens (tertiary/aromatic N) is 3. The number of likely N-dealkylation sites (tertiary alicyclic amines) is 1. The van der Waals surface area contributed by atoms with E-state index in [9.17, 15) is 9.59 Å². The quantitative estimate of drug-likeness (QED) is 0.740. The van der Waals surface area contributed by atoms with E-state index in [2.05, 4.69) is 10.3 Å². The number of hydrogen-bond acceptors (Lipinski definition) is 6. The van der Waals surface area contributed by atoms with E-state index >= 15 is 0 Å². The fourth-order valence-electron chi connectivity index (χ4n) is 4.29. The van der Waals surface area contributed by atoms with Gasteiger partial charge in [-0.25, -0.2) is 4.98 Å².